The number of halogens is 1. The average Bonchev–Trinajstić information content (AvgIpc) is 2.33. The Morgan fingerprint density at radius 3 is 2.74 bits per heavy atom. The minimum Gasteiger partial charge on any atom is -0.396 e. The topological polar surface area (TPSA) is 47.3 Å². The molecule has 0 radical (unpaired) electrons. The molecule has 1 aliphatic rings. The molecule has 1 aromatic rings. The molecule has 1 fully saturated rings. The van der Waals surface area contributed by atoms with Crippen LogP contribution in [0.1, 0.15) is 36.8 Å². The fourth-order valence-electron chi connectivity index (χ4n) is 2.46. The van der Waals surface area contributed by atoms with Gasteiger partial charge in [-0.3, -0.25) is 4.90 Å². The monoisotopic (exact) mass is 262 g/mol. The van der Waals surface area contributed by atoms with Crippen LogP contribution in [0, 0.1) is 17.1 Å². The first-order valence-corrected chi connectivity index (χ1v) is 6.77. The fourth-order valence-corrected chi connectivity index (χ4v) is 2.46. The first-order valence-electron chi connectivity index (χ1n) is 6.77. The summed E-state index contributed by atoms with van der Waals surface area (Å²) in [6.07, 6.45) is 4.32. The van der Waals surface area contributed by atoms with Crippen LogP contribution in [0.3, 0.4) is 0 Å². The van der Waals surface area contributed by atoms with E-state index < -0.39 is 0 Å². The Kier molecular flexibility index (Phi) is 4.89. The zero-order valence-electron chi connectivity index (χ0n) is 11.0. The van der Waals surface area contributed by atoms with Gasteiger partial charge in [-0.1, -0.05) is 6.42 Å². The number of aliphatic hydroxyl groups excluding tert-OH is 1. The molecule has 0 unspecified atom stereocenters. The Labute approximate surface area is 113 Å². The van der Waals surface area contributed by atoms with Gasteiger partial charge in [0.15, 0.2) is 0 Å². The molecular formula is C15H19FN2O. The minimum atomic E-state index is -0.357. The van der Waals surface area contributed by atoms with Gasteiger partial charge in [0.25, 0.3) is 0 Å². The Morgan fingerprint density at radius 1 is 1.37 bits per heavy atom. The number of hydrogen-bond donors (Lipinski definition) is 1. The summed E-state index contributed by atoms with van der Waals surface area (Å²) in [6, 6.07) is 7.02. The van der Waals surface area contributed by atoms with Crippen molar-refractivity contribution in [3.63, 3.8) is 0 Å². The number of hydrogen-bond acceptors (Lipinski definition) is 3. The van der Waals surface area contributed by atoms with E-state index in [4.69, 9.17) is 10.4 Å². The molecule has 1 aliphatic carbocycles. The number of aliphatic hydroxyl groups is 1. The van der Waals surface area contributed by atoms with Crippen LogP contribution in [0.5, 0.6) is 0 Å². The summed E-state index contributed by atoms with van der Waals surface area (Å²) in [7, 11) is 0. The van der Waals surface area contributed by atoms with E-state index in [1.54, 1.807) is 6.07 Å². The van der Waals surface area contributed by atoms with Crippen molar-refractivity contribution in [1.82, 2.24) is 4.90 Å². The molecule has 1 N–H and O–H groups in total. The van der Waals surface area contributed by atoms with E-state index in [1.807, 2.05) is 6.07 Å². The lowest BCUT2D eigenvalue weighted by atomic mass is 9.91. The number of benzene rings is 1. The zero-order chi connectivity index (χ0) is 13.7. The normalized spacial score (nSPS) is 15.3. The zero-order valence-corrected chi connectivity index (χ0v) is 11.0. The molecule has 0 atom stereocenters. The van der Waals surface area contributed by atoms with Gasteiger partial charge < -0.3 is 5.11 Å². The summed E-state index contributed by atoms with van der Waals surface area (Å²) in [4.78, 5) is 2.29. The van der Waals surface area contributed by atoms with Crippen LogP contribution >= 0.6 is 0 Å². The summed E-state index contributed by atoms with van der Waals surface area (Å²) >= 11 is 0. The number of rotatable bonds is 6. The van der Waals surface area contributed by atoms with Gasteiger partial charge in [0.05, 0.1) is 11.6 Å². The molecule has 4 heteroatoms. The van der Waals surface area contributed by atoms with Crippen LogP contribution in [0.2, 0.25) is 0 Å². The Balaban J connectivity index is 2.07. The first kappa shape index (κ1) is 14.0. The van der Waals surface area contributed by atoms with E-state index in [2.05, 4.69) is 4.90 Å². The summed E-state index contributed by atoms with van der Waals surface area (Å²) < 4.78 is 13.4. The van der Waals surface area contributed by atoms with Crippen molar-refractivity contribution in [2.45, 2.75) is 38.3 Å². The van der Waals surface area contributed by atoms with Crippen molar-refractivity contribution in [3.8, 4) is 6.07 Å². The smallest absolute Gasteiger partial charge is 0.124 e. The van der Waals surface area contributed by atoms with Crippen LogP contribution in [-0.4, -0.2) is 29.2 Å². The molecule has 0 aromatic heterocycles. The molecular weight excluding hydrogens is 243 g/mol. The molecule has 102 valence electrons. The second kappa shape index (κ2) is 6.65. The maximum atomic E-state index is 13.4. The third-order valence-corrected chi connectivity index (χ3v) is 3.67. The SMILES string of the molecule is N#Cc1cc(F)cc(CN(CCCO)C2CCC2)c1. The molecule has 19 heavy (non-hydrogen) atoms. The highest BCUT2D eigenvalue weighted by molar-refractivity contribution is 5.33. The largest absolute Gasteiger partial charge is 0.396 e. The molecule has 2 rings (SSSR count). The molecule has 0 amide bonds. The molecule has 0 spiro atoms. The Bertz CT molecular complexity index is 466. The van der Waals surface area contributed by atoms with E-state index in [1.165, 1.54) is 31.4 Å². The van der Waals surface area contributed by atoms with Crippen LogP contribution < -0.4 is 0 Å². The lowest BCUT2D eigenvalue weighted by Crippen LogP contribution is -2.40. The Morgan fingerprint density at radius 2 is 2.16 bits per heavy atom. The highest BCUT2D eigenvalue weighted by atomic mass is 19.1. The van der Waals surface area contributed by atoms with Crippen LogP contribution in [0.25, 0.3) is 0 Å². The van der Waals surface area contributed by atoms with Crippen molar-refractivity contribution in [1.29, 1.82) is 5.26 Å². The third-order valence-electron chi connectivity index (χ3n) is 3.67. The fraction of sp³-hybridized carbons (Fsp3) is 0.533. The van der Waals surface area contributed by atoms with Crippen molar-refractivity contribution >= 4 is 0 Å². The van der Waals surface area contributed by atoms with Gasteiger partial charge in [-0.15, -0.1) is 0 Å². The maximum absolute atomic E-state index is 13.4. The van der Waals surface area contributed by atoms with E-state index in [-0.39, 0.29) is 12.4 Å². The highest BCUT2D eigenvalue weighted by Gasteiger charge is 2.24. The predicted molar refractivity (Wildman–Crippen MR) is 70.9 cm³/mol. The van der Waals surface area contributed by atoms with Gasteiger partial charge in [-0.05, 0) is 43.0 Å². The lowest BCUT2D eigenvalue weighted by Gasteiger charge is -2.37. The van der Waals surface area contributed by atoms with Gasteiger partial charge >= 0.3 is 0 Å². The van der Waals surface area contributed by atoms with Crippen molar-refractivity contribution in [2.24, 2.45) is 0 Å². The van der Waals surface area contributed by atoms with Gasteiger partial charge in [0.2, 0.25) is 0 Å². The standard InChI is InChI=1S/C15H19FN2O/c16-14-8-12(10-17)7-13(9-14)11-18(5-2-6-19)15-3-1-4-15/h7-9,15,19H,1-6,11H2. The summed E-state index contributed by atoms with van der Waals surface area (Å²) in [5.74, 6) is -0.357. The quantitative estimate of drug-likeness (QED) is 0.856. The van der Waals surface area contributed by atoms with Crippen LogP contribution in [0.4, 0.5) is 4.39 Å². The van der Waals surface area contributed by atoms with Crippen molar-refractivity contribution < 1.29 is 9.50 Å². The predicted octanol–water partition coefficient (Wildman–Crippen LogP) is 2.43. The van der Waals surface area contributed by atoms with E-state index >= 15 is 0 Å². The van der Waals surface area contributed by atoms with E-state index in [9.17, 15) is 4.39 Å². The van der Waals surface area contributed by atoms with Gasteiger partial charge in [0.1, 0.15) is 5.82 Å². The lowest BCUT2D eigenvalue weighted by molar-refractivity contribution is 0.109. The summed E-state index contributed by atoms with van der Waals surface area (Å²) in [6.45, 7) is 1.65. The van der Waals surface area contributed by atoms with E-state index in [0.29, 0.717) is 18.2 Å². The second-order valence-corrected chi connectivity index (χ2v) is 5.09. The van der Waals surface area contributed by atoms with E-state index in [0.717, 1.165) is 18.5 Å². The van der Waals surface area contributed by atoms with Gasteiger partial charge in [0, 0.05) is 25.7 Å². The summed E-state index contributed by atoms with van der Waals surface area (Å²) in [5.41, 5.74) is 1.20. The van der Waals surface area contributed by atoms with Gasteiger partial charge in [-0.2, -0.15) is 5.26 Å². The highest BCUT2D eigenvalue weighted by Crippen LogP contribution is 2.26. The van der Waals surface area contributed by atoms with Crippen molar-refractivity contribution in [3.05, 3.63) is 35.1 Å². The molecule has 1 saturated carbocycles. The van der Waals surface area contributed by atoms with Crippen LogP contribution in [0.15, 0.2) is 18.2 Å². The first-order chi connectivity index (χ1) is 9.22. The molecule has 0 bridgehead atoms. The maximum Gasteiger partial charge on any atom is 0.124 e. The molecule has 1 aromatic carbocycles. The molecule has 3 nitrogen and oxygen atoms in total. The molecule has 0 heterocycles. The minimum absolute atomic E-state index is 0.176. The van der Waals surface area contributed by atoms with Crippen molar-refractivity contribution in [2.75, 3.05) is 13.2 Å². The average molecular weight is 262 g/mol. The number of nitriles is 1. The third kappa shape index (κ3) is 3.76. The second-order valence-electron chi connectivity index (χ2n) is 5.09. The molecule has 0 aliphatic heterocycles. The van der Waals surface area contributed by atoms with Crippen LogP contribution in [-0.2, 0) is 6.54 Å². The van der Waals surface area contributed by atoms with Gasteiger partial charge in [-0.25, -0.2) is 4.39 Å². The number of nitrogens with zero attached hydrogens (tertiary/aromatic N) is 2. The summed E-state index contributed by atoms with van der Waals surface area (Å²) in [5, 5.41) is 17.8. The molecule has 0 saturated heterocycles. The Hall–Kier alpha value is -1.44.